The molecule has 0 spiro atoms. The van der Waals surface area contributed by atoms with Crippen molar-refractivity contribution in [1.82, 2.24) is 39.3 Å². The fourth-order valence-electron chi connectivity index (χ4n) is 8.39. The molecular weight excluding hydrogens is 850 g/mol. The standard InChI is InChI=1S/C41H35ClF6N8O4S/c1-40(2,55-19-49-51-39(55)58)10-9-24-5-6-26(27-7-8-30(42)33-31(18-61(4,59)60)52-54(3)36(27)33)34(50-24)21(11-20-12-22(43)15-23(44)13-20)14-25(57)17-56-37-32(35(53-56)38(45)46)28-16-29(28)41(37,47)48/h5-8,12-13,15,19,21,28-29,38H,11,14,16-18H2,1-4H3,(H,51,58)/t21-,28+,29-/m1/s1. The Kier molecular flexibility index (Phi) is 10.3. The number of aromatic amines is 1. The van der Waals surface area contributed by atoms with Gasteiger partial charge in [-0.15, -0.1) is 0 Å². The molecule has 2 aliphatic carbocycles. The van der Waals surface area contributed by atoms with Crippen molar-refractivity contribution >= 4 is 38.1 Å². The van der Waals surface area contributed by atoms with Gasteiger partial charge in [-0.1, -0.05) is 23.6 Å². The highest BCUT2D eigenvalue weighted by atomic mass is 35.5. The molecule has 1 fully saturated rings. The highest BCUT2D eigenvalue weighted by Gasteiger charge is 2.67. The molecule has 0 aliphatic heterocycles. The molecule has 8 rings (SSSR count). The van der Waals surface area contributed by atoms with Crippen LogP contribution in [-0.4, -0.2) is 59.8 Å². The van der Waals surface area contributed by atoms with Crippen molar-refractivity contribution in [2.75, 3.05) is 6.26 Å². The van der Waals surface area contributed by atoms with Gasteiger partial charge in [0.05, 0.1) is 27.7 Å². The van der Waals surface area contributed by atoms with Crippen molar-refractivity contribution in [2.45, 2.75) is 75.1 Å². The summed E-state index contributed by atoms with van der Waals surface area (Å²) in [5, 5.41) is 14.8. The Morgan fingerprint density at radius 1 is 1.07 bits per heavy atom. The zero-order chi connectivity index (χ0) is 43.9. The number of Topliss-reactive ketones (excluding diaryl/α,β-unsaturated/α-hetero) is 1. The molecule has 20 heteroatoms. The van der Waals surface area contributed by atoms with E-state index in [-0.39, 0.29) is 46.1 Å². The number of H-pyrrole nitrogens is 1. The lowest BCUT2D eigenvalue weighted by Crippen LogP contribution is -2.33. The minimum Gasteiger partial charge on any atom is -0.298 e. The number of nitrogens with one attached hydrogen (secondary N) is 1. The summed E-state index contributed by atoms with van der Waals surface area (Å²) in [5.41, 5.74) is -1.74. The molecule has 0 amide bonds. The van der Waals surface area contributed by atoms with Crippen LogP contribution < -0.4 is 5.69 Å². The van der Waals surface area contributed by atoms with Crippen LogP contribution in [0.25, 0.3) is 22.0 Å². The number of aromatic nitrogens is 8. The van der Waals surface area contributed by atoms with Gasteiger partial charge in [0.25, 0.3) is 12.3 Å². The number of benzene rings is 2. The van der Waals surface area contributed by atoms with Crippen LogP contribution in [-0.2, 0) is 51.9 Å². The van der Waals surface area contributed by atoms with E-state index in [1.807, 2.05) is 0 Å². The Morgan fingerprint density at radius 3 is 2.43 bits per heavy atom. The highest BCUT2D eigenvalue weighted by molar-refractivity contribution is 7.89. The maximum atomic E-state index is 15.5. The second-order valence-corrected chi connectivity index (χ2v) is 18.6. The van der Waals surface area contributed by atoms with Gasteiger partial charge in [0.1, 0.15) is 47.1 Å². The summed E-state index contributed by atoms with van der Waals surface area (Å²) in [5.74, 6) is -3.58. The van der Waals surface area contributed by atoms with E-state index in [9.17, 15) is 35.6 Å². The quantitative estimate of drug-likeness (QED) is 0.101. The number of fused-ring (bicyclic) bond motifs is 4. The van der Waals surface area contributed by atoms with Gasteiger partial charge in [-0.25, -0.2) is 40.9 Å². The normalized spacial score (nSPS) is 17.3. The molecule has 1 saturated carbocycles. The number of hydrogen-bond acceptors (Lipinski definition) is 8. The molecule has 0 saturated heterocycles. The summed E-state index contributed by atoms with van der Waals surface area (Å²) in [6.45, 7) is 2.50. The van der Waals surface area contributed by atoms with E-state index in [0.717, 1.165) is 18.4 Å². The number of sulfone groups is 1. The maximum absolute atomic E-state index is 15.5. The van der Waals surface area contributed by atoms with Crippen LogP contribution in [0.1, 0.15) is 84.5 Å². The third kappa shape index (κ3) is 7.87. The fourth-order valence-corrected chi connectivity index (χ4v) is 9.35. The maximum Gasteiger partial charge on any atom is 0.344 e. The van der Waals surface area contributed by atoms with Gasteiger partial charge in [0.15, 0.2) is 15.6 Å². The molecule has 0 radical (unpaired) electrons. The van der Waals surface area contributed by atoms with Gasteiger partial charge in [-0.3, -0.25) is 18.7 Å². The predicted molar refractivity (Wildman–Crippen MR) is 211 cm³/mol. The number of ketones is 1. The average Bonchev–Trinajstić information content (AvgIpc) is 3.37. The third-order valence-corrected chi connectivity index (χ3v) is 12.1. The molecule has 1 N–H and O–H groups in total. The molecule has 3 atom stereocenters. The van der Waals surface area contributed by atoms with Crippen LogP contribution in [0.3, 0.4) is 0 Å². The van der Waals surface area contributed by atoms with Gasteiger partial charge >= 0.3 is 5.69 Å². The fraction of sp³-hybridized carbons (Fsp3) is 0.366. The predicted octanol–water partition coefficient (Wildman–Crippen LogP) is 7.11. The van der Waals surface area contributed by atoms with Crippen molar-refractivity contribution in [1.29, 1.82) is 0 Å². The van der Waals surface area contributed by atoms with Crippen LogP contribution in [0.4, 0.5) is 26.3 Å². The molecule has 6 aromatic rings. The van der Waals surface area contributed by atoms with E-state index in [1.54, 1.807) is 39.1 Å². The van der Waals surface area contributed by atoms with Gasteiger partial charge in [0.2, 0.25) is 0 Å². The highest BCUT2D eigenvalue weighted by Crippen LogP contribution is 2.68. The van der Waals surface area contributed by atoms with Crippen LogP contribution in [0.15, 0.2) is 53.6 Å². The summed E-state index contributed by atoms with van der Waals surface area (Å²) in [6.07, 6.45) is -1.57. The Balaban J connectivity index is 1.29. The molecule has 61 heavy (non-hydrogen) atoms. The van der Waals surface area contributed by atoms with Crippen LogP contribution in [0.5, 0.6) is 0 Å². The second-order valence-electron chi connectivity index (χ2n) is 16.0. The summed E-state index contributed by atoms with van der Waals surface area (Å²) in [6, 6.07) is 9.14. The van der Waals surface area contributed by atoms with Gasteiger partial charge < -0.3 is 0 Å². The van der Waals surface area contributed by atoms with E-state index in [0.29, 0.717) is 32.8 Å². The lowest BCUT2D eigenvalue weighted by Gasteiger charge is -2.22. The first kappa shape index (κ1) is 42.0. The molecule has 0 unspecified atom stereocenters. The second kappa shape index (κ2) is 15.0. The molecular formula is C41H35ClF6N8O4S. The number of hydrogen-bond donors (Lipinski definition) is 1. The summed E-state index contributed by atoms with van der Waals surface area (Å²) in [7, 11) is -2.02. The van der Waals surface area contributed by atoms with Gasteiger partial charge in [-0.2, -0.15) is 24.1 Å². The number of rotatable bonds is 12. The molecule has 4 aromatic heterocycles. The van der Waals surface area contributed by atoms with Crippen molar-refractivity contribution in [2.24, 2.45) is 13.0 Å². The van der Waals surface area contributed by atoms with Crippen LogP contribution >= 0.6 is 11.6 Å². The van der Waals surface area contributed by atoms with Crippen LogP contribution in [0, 0.1) is 29.4 Å². The lowest BCUT2D eigenvalue weighted by atomic mass is 9.86. The molecule has 12 nitrogen and oxygen atoms in total. The zero-order valence-corrected chi connectivity index (χ0v) is 34.4. The van der Waals surface area contributed by atoms with Crippen molar-refractivity contribution in [3.05, 3.63) is 116 Å². The number of pyridine rings is 1. The summed E-state index contributed by atoms with van der Waals surface area (Å²) < 4.78 is 117. The Labute approximate surface area is 348 Å². The molecule has 4 heterocycles. The van der Waals surface area contributed by atoms with Crippen molar-refractivity contribution in [3.63, 3.8) is 0 Å². The number of aryl methyl sites for hydroxylation is 1. The van der Waals surface area contributed by atoms with E-state index in [4.69, 9.17) is 16.6 Å². The van der Waals surface area contributed by atoms with Crippen molar-refractivity contribution < 1.29 is 39.6 Å². The number of halogens is 7. The lowest BCUT2D eigenvalue weighted by molar-refractivity contribution is -0.120. The summed E-state index contributed by atoms with van der Waals surface area (Å²) >= 11 is 6.67. The van der Waals surface area contributed by atoms with Crippen LogP contribution in [0.2, 0.25) is 5.02 Å². The number of carbonyl (C=O) groups is 1. The number of nitrogens with zero attached hydrogens (tertiary/aromatic N) is 7. The van der Waals surface area contributed by atoms with E-state index >= 15 is 8.78 Å². The van der Waals surface area contributed by atoms with E-state index < -0.39 is 98.7 Å². The first-order chi connectivity index (χ1) is 28.6. The van der Waals surface area contributed by atoms with Crippen molar-refractivity contribution in [3.8, 4) is 23.0 Å². The minimum atomic E-state index is -3.59. The van der Waals surface area contributed by atoms with Gasteiger partial charge in [-0.05, 0) is 74.4 Å². The smallest absolute Gasteiger partial charge is 0.298 e. The first-order valence-corrected chi connectivity index (χ1v) is 21.3. The first-order valence-electron chi connectivity index (χ1n) is 18.9. The zero-order valence-electron chi connectivity index (χ0n) is 32.8. The summed E-state index contributed by atoms with van der Waals surface area (Å²) in [4.78, 5) is 31.5. The Hall–Kier alpha value is -5.74. The number of alkyl halides is 4. The number of carbonyl (C=O) groups excluding carboxylic acids is 1. The molecule has 0 bridgehead atoms. The molecule has 2 aliphatic rings. The average molecular weight is 885 g/mol. The van der Waals surface area contributed by atoms with Gasteiger partial charge in [0, 0.05) is 59.7 Å². The SMILES string of the molecule is Cn1nc(CS(C)(=O)=O)c2c(Cl)ccc(-c3ccc(C#CC(C)(C)n4cn[nH]c4=O)nc3[C@@H](CC(=O)Cn3nc(C(F)F)c4c3C(F)(F)[C@@H]3C[C@H]43)Cc3cc(F)cc(F)c3)c21. The Bertz CT molecular complexity index is 3000. The topological polar surface area (TPSA) is 150 Å². The minimum absolute atomic E-state index is 0.0275. The van der Waals surface area contributed by atoms with E-state index in [1.165, 1.54) is 21.6 Å². The molecule has 2 aromatic carbocycles. The monoisotopic (exact) mass is 884 g/mol. The van der Waals surface area contributed by atoms with E-state index in [2.05, 4.69) is 32.2 Å². The Morgan fingerprint density at radius 2 is 1.77 bits per heavy atom. The third-order valence-electron chi connectivity index (χ3n) is 11.0. The molecule has 318 valence electrons. The largest absolute Gasteiger partial charge is 0.344 e.